The van der Waals surface area contributed by atoms with Crippen molar-refractivity contribution in [3.05, 3.63) is 35.9 Å². The summed E-state index contributed by atoms with van der Waals surface area (Å²) in [6, 6.07) is 10.8. The van der Waals surface area contributed by atoms with E-state index in [1.54, 1.807) is 0 Å². The van der Waals surface area contributed by atoms with E-state index >= 15 is 0 Å². The van der Waals surface area contributed by atoms with E-state index in [1.807, 2.05) is 17.8 Å². The van der Waals surface area contributed by atoms with Crippen LogP contribution < -0.4 is 5.32 Å². The summed E-state index contributed by atoms with van der Waals surface area (Å²) in [6.45, 7) is 4.44. The lowest BCUT2D eigenvalue weighted by molar-refractivity contribution is 0.169. The van der Waals surface area contributed by atoms with Gasteiger partial charge in [-0.15, -0.1) is 0 Å². The third-order valence-electron chi connectivity index (χ3n) is 4.03. The standard InChI is InChI=1S/C17H27NOS/c1-14(2)18-17(12-19,15-8-4-3-5-9-15)13-20-16-10-6-7-11-16/h3-5,8-9,14,16,18-19H,6-7,10-13H2,1-2H3. The first-order valence-electron chi connectivity index (χ1n) is 7.72. The molecule has 1 aromatic carbocycles. The summed E-state index contributed by atoms with van der Waals surface area (Å²) in [5.41, 5.74) is 0.879. The molecule has 1 fully saturated rings. The second-order valence-electron chi connectivity index (χ2n) is 6.12. The van der Waals surface area contributed by atoms with Crippen molar-refractivity contribution in [1.82, 2.24) is 5.32 Å². The van der Waals surface area contributed by atoms with E-state index in [9.17, 15) is 5.11 Å². The molecule has 112 valence electrons. The van der Waals surface area contributed by atoms with Gasteiger partial charge >= 0.3 is 0 Å². The number of hydrogen-bond donors (Lipinski definition) is 2. The van der Waals surface area contributed by atoms with E-state index in [-0.39, 0.29) is 12.1 Å². The molecule has 1 aliphatic rings. The highest BCUT2D eigenvalue weighted by Gasteiger charge is 2.33. The van der Waals surface area contributed by atoms with Crippen molar-refractivity contribution in [2.24, 2.45) is 0 Å². The van der Waals surface area contributed by atoms with Crippen molar-refractivity contribution in [1.29, 1.82) is 0 Å². The molecule has 2 rings (SSSR count). The molecule has 2 N–H and O–H groups in total. The predicted octanol–water partition coefficient (Wildman–Crippen LogP) is 3.55. The van der Waals surface area contributed by atoms with Gasteiger partial charge in [-0.2, -0.15) is 11.8 Å². The molecule has 0 amide bonds. The lowest BCUT2D eigenvalue weighted by Crippen LogP contribution is -2.51. The van der Waals surface area contributed by atoms with Gasteiger partial charge in [0.15, 0.2) is 0 Å². The average molecular weight is 293 g/mol. The van der Waals surface area contributed by atoms with Crippen LogP contribution in [0.5, 0.6) is 0 Å². The molecule has 2 nitrogen and oxygen atoms in total. The number of benzene rings is 1. The van der Waals surface area contributed by atoms with Crippen molar-refractivity contribution in [2.45, 2.75) is 56.4 Å². The minimum atomic E-state index is -0.317. The van der Waals surface area contributed by atoms with Gasteiger partial charge in [-0.1, -0.05) is 43.2 Å². The normalized spacial score (nSPS) is 19.4. The van der Waals surface area contributed by atoms with Crippen molar-refractivity contribution >= 4 is 11.8 Å². The number of thioether (sulfide) groups is 1. The van der Waals surface area contributed by atoms with E-state index in [0.717, 1.165) is 11.0 Å². The molecule has 0 aromatic heterocycles. The van der Waals surface area contributed by atoms with Crippen molar-refractivity contribution in [3.8, 4) is 0 Å². The predicted molar refractivity (Wildman–Crippen MR) is 88.2 cm³/mol. The zero-order valence-electron chi connectivity index (χ0n) is 12.6. The highest BCUT2D eigenvalue weighted by molar-refractivity contribution is 7.99. The third kappa shape index (κ3) is 4.00. The van der Waals surface area contributed by atoms with Crippen LogP contribution in [-0.4, -0.2) is 28.8 Å². The molecule has 1 saturated carbocycles. The van der Waals surface area contributed by atoms with E-state index in [4.69, 9.17) is 0 Å². The fourth-order valence-electron chi connectivity index (χ4n) is 3.02. The Balaban J connectivity index is 2.13. The summed E-state index contributed by atoms with van der Waals surface area (Å²) in [4.78, 5) is 0. The Bertz CT molecular complexity index is 389. The maximum atomic E-state index is 10.1. The van der Waals surface area contributed by atoms with Crippen LogP contribution in [0.3, 0.4) is 0 Å². The van der Waals surface area contributed by atoms with Gasteiger partial charge < -0.3 is 10.4 Å². The monoisotopic (exact) mass is 293 g/mol. The highest BCUT2D eigenvalue weighted by atomic mass is 32.2. The molecule has 0 radical (unpaired) electrons. The Hall–Kier alpha value is -0.510. The summed E-state index contributed by atoms with van der Waals surface area (Å²) in [5, 5.41) is 14.5. The molecule has 3 heteroatoms. The Labute approximate surface area is 127 Å². The Kier molecular flexibility index (Phi) is 5.94. The molecule has 20 heavy (non-hydrogen) atoms. The van der Waals surface area contributed by atoms with Crippen LogP contribution in [0.1, 0.15) is 45.1 Å². The van der Waals surface area contributed by atoms with Crippen LogP contribution in [-0.2, 0) is 5.54 Å². The molecular formula is C17H27NOS. The molecule has 0 aliphatic heterocycles. The fourth-order valence-corrected chi connectivity index (χ4v) is 4.54. The summed E-state index contributed by atoms with van der Waals surface area (Å²) < 4.78 is 0. The zero-order chi connectivity index (χ0) is 14.4. The van der Waals surface area contributed by atoms with Gasteiger partial charge in [-0.25, -0.2) is 0 Å². The second kappa shape index (κ2) is 7.48. The SMILES string of the molecule is CC(C)NC(CO)(CSC1CCCC1)c1ccccc1. The summed E-state index contributed by atoms with van der Waals surface area (Å²) in [5.74, 6) is 0.941. The largest absolute Gasteiger partial charge is 0.394 e. The topological polar surface area (TPSA) is 32.3 Å². The number of nitrogens with one attached hydrogen (secondary N) is 1. The quantitative estimate of drug-likeness (QED) is 0.806. The van der Waals surface area contributed by atoms with E-state index in [2.05, 4.69) is 43.4 Å². The number of aliphatic hydroxyl groups is 1. The lowest BCUT2D eigenvalue weighted by Gasteiger charge is -2.36. The minimum Gasteiger partial charge on any atom is -0.394 e. The van der Waals surface area contributed by atoms with Gasteiger partial charge in [-0.05, 0) is 32.3 Å². The van der Waals surface area contributed by atoms with Gasteiger partial charge in [0.2, 0.25) is 0 Å². The lowest BCUT2D eigenvalue weighted by atomic mass is 9.92. The first kappa shape index (κ1) is 15.9. The molecule has 1 atom stereocenters. The number of aliphatic hydroxyl groups excluding tert-OH is 1. The second-order valence-corrected chi connectivity index (χ2v) is 7.41. The van der Waals surface area contributed by atoms with Crippen LogP contribution in [0, 0.1) is 0 Å². The minimum absolute atomic E-state index is 0.148. The molecule has 0 heterocycles. The van der Waals surface area contributed by atoms with Gasteiger partial charge in [0.05, 0.1) is 12.1 Å². The van der Waals surface area contributed by atoms with Crippen LogP contribution >= 0.6 is 11.8 Å². The van der Waals surface area contributed by atoms with Gasteiger partial charge in [0.25, 0.3) is 0 Å². The maximum Gasteiger partial charge on any atom is 0.0762 e. The summed E-state index contributed by atoms with van der Waals surface area (Å²) in [7, 11) is 0. The molecule has 1 unspecified atom stereocenters. The maximum absolute atomic E-state index is 10.1. The third-order valence-corrected chi connectivity index (χ3v) is 5.63. The zero-order valence-corrected chi connectivity index (χ0v) is 13.5. The molecule has 1 aliphatic carbocycles. The van der Waals surface area contributed by atoms with Gasteiger partial charge in [-0.3, -0.25) is 0 Å². The summed E-state index contributed by atoms with van der Waals surface area (Å²) in [6.07, 6.45) is 5.41. The van der Waals surface area contributed by atoms with Gasteiger partial charge in [0.1, 0.15) is 0 Å². The van der Waals surface area contributed by atoms with Crippen LogP contribution in [0.2, 0.25) is 0 Å². The van der Waals surface area contributed by atoms with E-state index in [0.29, 0.717) is 6.04 Å². The molecule has 0 bridgehead atoms. The average Bonchev–Trinajstić information content (AvgIpc) is 2.97. The Morgan fingerprint density at radius 2 is 1.90 bits per heavy atom. The Morgan fingerprint density at radius 1 is 1.25 bits per heavy atom. The highest BCUT2D eigenvalue weighted by Crippen LogP contribution is 2.34. The van der Waals surface area contributed by atoms with Crippen LogP contribution in [0.4, 0.5) is 0 Å². The Morgan fingerprint density at radius 3 is 2.45 bits per heavy atom. The molecule has 0 spiro atoms. The summed E-state index contributed by atoms with van der Waals surface area (Å²) >= 11 is 2.03. The van der Waals surface area contributed by atoms with E-state index in [1.165, 1.54) is 31.2 Å². The van der Waals surface area contributed by atoms with Crippen molar-refractivity contribution in [3.63, 3.8) is 0 Å². The fraction of sp³-hybridized carbons (Fsp3) is 0.647. The molecule has 0 saturated heterocycles. The van der Waals surface area contributed by atoms with E-state index < -0.39 is 0 Å². The first-order chi connectivity index (χ1) is 9.66. The molecule has 1 aromatic rings. The van der Waals surface area contributed by atoms with Crippen LogP contribution in [0.25, 0.3) is 0 Å². The smallest absolute Gasteiger partial charge is 0.0762 e. The first-order valence-corrected chi connectivity index (χ1v) is 8.77. The van der Waals surface area contributed by atoms with Crippen LogP contribution in [0.15, 0.2) is 30.3 Å². The van der Waals surface area contributed by atoms with Gasteiger partial charge in [0, 0.05) is 17.0 Å². The van der Waals surface area contributed by atoms with Crippen molar-refractivity contribution < 1.29 is 5.11 Å². The van der Waals surface area contributed by atoms with Crippen molar-refractivity contribution in [2.75, 3.05) is 12.4 Å². The number of rotatable bonds is 7. The molecular weight excluding hydrogens is 266 g/mol. The number of hydrogen-bond acceptors (Lipinski definition) is 3.